The maximum atomic E-state index is 12.8. The molecule has 2 unspecified atom stereocenters. The fraction of sp³-hybridized carbons (Fsp3) is 0.815. The average Bonchev–Trinajstić information content (AvgIpc) is 3.37. The number of hydrogen-bond donors (Lipinski definition) is 0. The number of esters is 2. The highest BCUT2D eigenvalue weighted by atomic mass is 31.2. The van der Waals surface area contributed by atoms with E-state index in [9.17, 15) is 19.0 Å². The second-order valence-corrected chi connectivity index (χ2v) is 23.8. The van der Waals surface area contributed by atoms with Crippen LogP contribution in [-0.2, 0) is 32.7 Å². The highest BCUT2D eigenvalue weighted by molar-refractivity contribution is 7.45. The summed E-state index contributed by atoms with van der Waals surface area (Å²) in [4.78, 5) is 37.9. The zero-order valence-electron chi connectivity index (χ0n) is 49.7. The summed E-state index contributed by atoms with van der Waals surface area (Å²) < 4.78 is 34.2. The molecule has 0 fully saturated rings. The summed E-state index contributed by atoms with van der Waals surface area (Å²) in [7, 11) is 1.17. The van der Waals surface area contributed by atoms with Crippen molar-refractivity contribution in [1.82, 2.24) is 0 Å². The predicted molar refractivity (Wildman–Crippen MR) is 319 cm³/mol. The Labute approximate surface area is 464 Å². The molecule has 75 heavy (non-hydrogen) atoms. The van der Waals surface area contributed by atoms with Gasteiger partial charge in [-0.05, 0) is 77.0 Å². The largest absolute Gasteiger partial charge is 0.756 e. The van der Waals surface area contributed by atoms with Crippen LogP contribution >= 0.6 is 7.82 Å². The van der Waals surface area contributed by atoms with Crippen LogP contribution in [0.3, 0.4) is 0 Å². The fourth-order valence-corrected chi connectivity index (χ4v) is 9.67. The first-order valence-electron chi connectivity index (χ1n) is 31.5. The molecule has 9 nitrogen and oxygen atoms in total. The Morgan fingerprint density at radius 3 is 1.15 bits per heavy atom. The normalized spacial score (nSPS) is 13.6. The zero-order valence-corrected chi connectivity index (χ0v) is 50.6. The molecule has 0 aromatic rings. The first-order chi connectivity index (χ1) is 36.5. The van der Waals surface area contributed by atoms with Crippen LogP contribution in [0.1, 0.15) is 290 Å². The van der Waals surface area contributed by atoms with Crippen LogP contribution in [0.15, 0.2) is 60.8 Å². The van der Waals surface area contributed by atoms with Crippen LogP contribution in [0.4, 0.5) is 0 Å². The van der Waals surface area contributed by atoms with E-state index in [2.05, 4.69) is 74.6 Å². The molecular weight excluding hydrogens is 954 g/mol. The first kappa shape index (κ1) is 72.7. The van der Waals surface area contributed by atoms with Crippen LogP contribution in [0.5, 0.6) is 0 Å². The van der Waals surface area contributed by atoms with Crippen LogP contribution in [-0.4, -0.2) is 70.0 Å². The van der Waals surface area contributed by atoms with Crippen molar-refractivity contribution >= 4 is 19.8 Å². The van der Waals surface area contributed by atoms with E-state index in [0.717, 1.165) is 77.0 Å². The number of rotatable bonds is 58. The number of carbonyl (C=O) groups excluding carboxylic acids is 2. The molecule has 0 saturated carbocycles. The number of allylic oxidation sites excluding steroid dienone is 10. The van der Waals surface area contributed by atoms with Crippen molar-refractivity contribution in [2.45, 2.75) is 296 Å². The number of phosphoric acid groups is 1. The molecule has 10 heteroatoms. The van der Waals surface area contributed by atoms with E-state index in [1.54, 1.807) is 0 Å². The SMILES string of the molecule is CC/C=C\C/C=C\C/C=C\C/C=C\CCCCCCCCCCCCCCCCCCCCCCCCC(=O)OC(COC(=O)CCCCCCC/C=C\CCCCCCCCC)COP(=O)([O-])OCC[N+](C)(C)C. The lowest BCUT2D eigenvalue weighted by Gasteiger charge is -2.28. The Morgan fingerprint density at radius 2 is 0.760 bits per heavy atom. The Balaban J connectivity index is 3.98. The minimum absolute atomic E-state index is 0.0311. The Kier molecular flexibility index (Phi) is 54.7. The van der Waals surface area contributed by atoms with Gasteiger partial charge < -0.3 is 27.9 Å². The molecular formula is C65H120NO8P. The van der Waals surface area contributed by atoms with Gasteiger partial charge in [0.15, 0.2) is 6.10 Å². The van der Waals surface area contributed by atoms with E-state index >= 15 is 0 Å². The van der Waals surface area contributed by atoms with E-state index in [4.69, 9.17) is 18.5 Å². The molecule has 0 aliphatic rings. The summed E-state index contributed by atoms with van der Waals surface area (Å²) in [6.07, 6.45) is 72.9. The number of carbonyl (C=O) groups is 2. The number of phosphoric ester groups is 1. The van der Waals surface area contributed by atoms with Crippen molar-refractivity contribution in [1.29, 1.82) is 0 Å². The maximum absolute atomic E-state index is 12.8. The van der Waals surface area contributed by atoms with Crippen molar-refractivity contribution in [2.24, 2.45) is 0 Å². The summed E-state index contributed by atoms with van der Waals surface area (Å²) in [6, 6.07) is 0. The standard InChI is InChI=1S/C65H120NO8P/c1-6-8-10-12-14-16-18-20-22-24-25-26-27-28-29-30-31-32-33-34-35-36-37-38-39-40-41-42-44-46-48-50-52-54-56-58-65(68)74-63(62-73-75(69,70)72-60-59-66(3,4)5)61-71-64(67)57-55-53-51-49-47-45-43-23-21-19-17-15-13-11-9-7-2/h8,10,14,16,20,22-23,25-26,43,63H,6-7,9,11-13,15,17-19,21,24,27-42,44-62H2,1-5H3/b10-8-,16-14-,22-20-,26-25-,43-23-. The van der Waals surface area contributed by atoms with Gasteiger partial charge in [-0.3, -0.25) is 14.2 Å². The first-order valence-corrected chi connectivity index (χ1v) is 33.0. The summed E-state index contributed by atoms with van der Waals surface area (Å²) in [5.41, 5.74) is 0. The zero-order chi connectivity index (χ0) is 54.9. The molecule has 0 N–H and O–H groups in total. The summed E-state index contributed by atoms with van der Waals surface area (Å²) in [6.45, 7) is 4.15. The van der Waals surface area contributed by atoms with Crippen LogP contribution in [0, 0.1) is 0 Å². The van der Waals surface area contributed by atoms with Crippen LogP contribution < -0.4 is 4.89 Å². The average molecular weight is 1070 g/mol. The third-order valence-corrected chi connectivity index (χ3v) is 14.7. The predicted octanol–water partition coefficient (Wildman–Crippen LogP) is 19.2. The van der Waals surface area contributed by atoms with Gasteiger partial charge >= 0.3 is 11.9 Å². The molecule has 0 spiro atoms. The topological polar surface area (TPSA) is 111 Å². The lowest BCUT2D eigenvalue weighted by Crippen LogP contribution is -2.37. The molecule has 0 radical (unpaired) electrons. The molecule has 0 aliphatic carbocycles. The molecule has 438 valence electrons. The van der Waals surface area contributed by atoms with Gasteiger partial charge in [0, 0.05) is 12.8 Å². The second kappa shape index (κ2) is 56.4. The monoisotopic (exact) mass is 1070 g/mol. The van der Waals surface area contributed by atoms with Gasteiger partial charge in [-0.2, -0.15) is 0 Å². The smallest absolute Gasteiger partial charge is 0.306 e. The number of nitrogens with zero attached hydrogens (tertiary/aromatic N) is 1. The molecule has 0 aromatic heterocycles. The molecule has 2 atom stereocenters. The van der Waals surface area contributed by atoms with Gasteiger partial charge in [0.25, 0.3) is 7.82 Å². The third kappa shape index (κ3) is 60.8. The maximum Gasteiger partial charge on any atom is 0.306 e. The van der Waals surface area contributed by atoms with Crippen LogP contribution in [0.25, 0.3) is 0 Å². The minimum Gasteiger partial charge on any atom is -0.756 e. The Morgan fingerprint density at radius 1 is 0.427 bits per heavy atom. The molecule has 0 amide bonds. The number of ether oxygens (including phenoxy) is 2. The fourth-order valence-electron chi connectivity index (χ4n) is 8.94. The van der Waals surface area contributed by atoms with Crippen molar-refractivity contribution in [2.75, 3.05) is 47.5 Å². The van der Waals surface area contributed by atoms with Gasteiger partial charge in [0.1, 0.15) is 19.8 Å². The van der Waals surface area contributed by atoms with E-state index in [-0.39, 0.29) is 32.0 Å². The molecule has 0 saturated heterocycles. The Bertz CT molecular complexity index is 1450. The number of hydrogen-bond acceptors (Lipinski definition) is 8. The lowest BCUT2D eigenvalue weighted by molar-refractivity contribution is -0.870. The minimum atomic E-state index is -4.64. The van der Waals surface area contributed by atoms with Crippen molar-refractivity contribution < 1.29 is 42.1 Å². The van der Waals surface area contributed by atoms with E-state index in [1.807, 2.05) is 21.1 Å². The quantitative estimate of drug-likeness (QED) is 0.0195. The second-order valence-electron chi connectivity index (χ2n) is 22.4. The van der Waals surface area contributed by atoms with Crippen molar-refractivity contribution in [3.8, 4) is 0 Å². The third-order valence-electron chi connectivity index (χ3n) is 13.8. The van der Waals surface area contributed by atoms with E-state index in [1.165, 1.54) is 180 Å². The molecule has 0 aromatic carbocycles. The van der Waals surface area contributed by atoms with Gasteiger partial charge in [-0.25, -0.2) is 0 Å². The summed E-state index contributed by atoms with van der Waals surface area (Å²) in [5.74, 6) is -0.831. The summed E-state index contributed by atoms with van der Waals surface area (Å²) >= 11 is 0. The number of quaternary nitrogens is 1. The van der Waals surface area contributed by atoms with Gasteiger partial charge in [0.05, 0.1) is 27.7 Å². The highest BCUT2D eigenvalue weighted by Gasteiger charge is 2.22. The molecule has 0 heterocycles. The van der Waals surface area contributed by atoms with Crippen molar-refractivity contribution in [3.63, 3.8) is 0 Å². The summed E-state index contributed by atoms with van der Waals surface area (Å²) in [5, 5.41) is 0. The highest BCUT2D eigenvalue weighted by Crippen LogP contribution is 2.38. The van der Waals surface area contributed by atoms with Crippen LogP contribution in [0.2, 0.25) is 0 Å². The molecule has 0 bridgehead atoms. The van der Waals surface area contributed by atoms with Crippen molar-refractivity contribution in [3.05, 3.63) is 60.8 Å². The lowest BCUT2D eigenvalue weighted by atomic mass is 10.0. The van der Waals surface area contributed by atoms with Gasteiger partial charge in [-0.1, -0.05) is 261 Å². The molecule has 0 aliphatic heterocycles. The van der Waals surface area contributed by atoms with Gasteiger partial charge in [-0.15, -0.1) is 0 Å². The number of likely N-dealkylation sites (N-methyl/N-ethyl adjacent to an activating group) is 1. The Hall–Kier alpha value is -2.29. The van der Waals surface area contributed by atoms with E-state index < -0.39 is 26.5 Å². The number of unbranched alkanes of at least 4 members (excludes halogenated alkanes) is 34. The van der Waals surface area contributed by atoms with E-state index in [0.29, 0.717) is 17.4 Å². The van der Waals surface area contributed by atoms with Gasteiger partial charge in [0.2, 0.25) is 0 Å². The molecule has 0 rings (SSSR count).